The molecule has 0 aliphatic carbocycles. The third kappa shape index (κ3) is 3.96. The van der Waals surface area contributed by atoms with Crippen LogP contribution in [0.25, 0.3) is 0 Å². The first-order valence-electron chi connectivity index (χ1n) is 5.89. The van der Waals surface area contributed by atoms with Gasteiger partial charge in [0.1, 0.15) is 11.9 Å². The normalized spacial score (nSPS) is 14.2. The largest absolute Gasteiger partial charge is 0.480 e. The second kappa shape index (κ2) is 6.71. The molecule has 0 radical (unpaired) electrons. The lowest BCUT2D eigenvalue weighted by atomic mass is 10.1. The smallest absolute Gasteiger partial charge is 0.320 e. The molecule has 2 unspecified atom stereocenters. The highest BCUT2D eigenvalue weighted by Crippen LogP contribution is 2.21. The van der Waals surface area contributed by atoms with Crippen molar-refractivity contribution in [1.29, 1.82) is 0 Å². The van der Waals surface area contributed by atoms with Crippen LogP contribution in [0.1, 0.15) is 38.3 Å². The Hall–Kier alpha value is -1.13. The molecule has 0 aromatic heterocycles. The van der Waals surface area contributed by atoms with Gasteiger partial charge in [0.25, 0.3) is 0 Å². The van der Waals surface area contributed by atoms with Gasteiger partial charge in [-0.3, -0.25) is 10.1 Å². The van der Waals surface area contributed by atoms with Crippen LogP contribution >= 0.6 is 11.6 Å². The Kier molecular flexibility index (Phi) is 5.56. The summed E-state index contributed by atoms with van der Waals surface area (Å²) in [6.45, 7) is 3.76. The van der Waals surface area contributed by atoms with Crippen LogP contribution in [0.2, 0.25) is 5.02 Å². The molecular weight excluding hydrogens is 257 g/mol. The Morgan fingerprint density at radius 3 is 2.72 bits per heavy atom. The van der Waals surface area contributed by atoms with Gasteiger partial charge in [0, 0.05) is 6.04 Å². The number of carbonyl (C=O) groups is 1. The van der Waals surface area contributed by atoms with Crippen molar-refractivity contribution in [3.05, 3.63) is 34.6 Å². The van der Waals surface area contributed by atoms with Gasteiger partial charge in [-0.1, -0.05) is 31.0 Å². The average molecular weight is 274 g/mol. The minimum atomic E-state index is -0.878. The van der Waals surface area contributed by atoms with Gasteiger partial charge in [-0.15, -0.1) is 0 Å². The van der Waals surface area contributed by atoms with E-state index in [2.05, 4.69) is 5.32 Å². The summed E-state index contributed by atoms with van der Waals surface area (Å²) in [4.78, 5) is 11.0. The fourth-order valence-electron chi connectivity index (χ4n) is 1.75. The van der Waals surface area contributed by atoms with Crippen LogP contribution in [0.15, 0.2) is 18.2 Å². The molecule has 0 heterocycles. The van der Waals surface area contributed by atoms with Crippen LogP contribution in [0.5, 0.6) is 0 Å². The quantitative estimate of drug-likeness (QED) is 0.835. The van der Waals surface area contributed by atoms with E-state index < -0.39 is 17.8 Å². The number of benzene rings is 1. The van der Waals surface area contributed by atoms with Crippen LogP contribution < -0.4 is 5.32 Å². The van der Waals surface area contributed by atoms with Crippen LogP contribution in [0, 0.1) is 5.82 Å². The molecule has 0 saturated heterocycles. The topological polar surface area (TPSA) is 49.3 Å². The summed E-state index contributed by atoms with van der Waals surface area (Å²) in [5.41, 5.74) is 0.767. The fourth-order valence-corrected chi connectivity index (χ4v) is 1.94. The Labute approximate surface area is 111 Å². The van der Waals surface area contributed by atoms with Crippen molar-refractivity contribution in [1.82, 2.24) is 5.32 Å². The molecule has 100 valence electrons. The third-order valence-corrected chi connectivity index (χ3v) is 3.06. The predicted octanol–water partition coefficient (Wildman–Crippen LogP) is 3.38. The summed E-state index contributed by atoms with van der Waals surface area (Å²) >= 11 is 5.70. The first kappa shape index (κ1) is 14.9. The summed E-state index contributed by atoms with van der Waals surface area (Å²) < 4.78 is 13.0. The van der Waals surface area contributed by atoms with Crippen LogP contribution in [0.3, 0.4) is 0 Å². The molecule has 2 atom stereocenters. The molecule has 0 aliphatic heterocycles. The number of hydrogen-bond donors (Lipinski definition) is 2. The Morgan fingerprint density at radius 1 is 1.56 bits per heavy atom. The van der Waals surface area contributed by atoms with Crippen molar-refractivity contribution in [2.24, 2.45) is 0 Å². The molecule has 0 spiro atoms. The molecule has 0 bridgehead atoms. The van der Waals surface area contributed by atoms with Gasteiger partial charge >= 0.3 is 5.97 Å². The predicted molar refractivity (Wildman–Crippen MR) is 69.3 cm³/mol. The first-order chi connectivity index (χ1) is 8.45. The molecule has 1 aromatic carbocycles. The molecule has 2 N–H and O–H groups in total. The maximum absolute atomic E-state index is 13.0. The van der Waals surface area contributed by atoms with Crippen molar-refractivity contribution >= 4 is 17.6 Å². The van der Waals surface area contributed by atoms with Crippen molar-refractivity contribution in [3.8, 4) is 0 Å². The van der Waals surface area contributed by atoms with Crippen molar-refractivity contribution in [2.45, 2.75) is 38.8 Å². The number of carboxylic acid groups (broad SMARTS) is 1. The van der Waals surface area contributed by atoms with E-state index in [0.717, 1.165) is 12.0 Å². The van der Waals surface area contributed by atoms with E-state index in [1.54, 1.807) is 6.07 Å². The van der Waals surface area contributed by atoms with Gasteiger partial charge in [-0.2, -0.15) is 0 Å². The van der Waals surface area contributed by atoms with Gasteiger partial charge in [0.15, 0.2) is 0 Å². The maximum atomic E-state index is 13.0. The number of carboxylic acids is 1. The van der Waals surface area contributed by atoms with Crippen LogP contribution in [-0.2, 0) is 4.79 Å². The van der Waals surface area contributed by atoms with Gasteiger partial charge in [0.05, 0.1) is 5.02 Å². The molecule has 0 amide bonds. The van der Waals surface area contributed by atoms with Crippen molar-refractivity contribution in [2.75, 3.05) is 0 Å². The fraction of sp³-hybridized carbons (Fsp3) is 0.462. The first-order valence-corrected chi connectivity index (χ1v) is 6.27. The lowest BCUT2D eigenvalue weighted by Gasteiger charge is -2.20. The molecule has 5 heteroatoms. The molecule has 18 heavy (non-hydrogen) atoms. The monoisotopic (exact) mass is 273 g/mol. The minimum Gasteiger partial charge on any atom is -0.480 e. The van der Waals surface area contributed by atoms with E-state index in [1.807, 2.05) is 13.8 Å². The second-order valence-electron chi connectivity index (χ2n) is 4.24. The zero-order chi connectivity index (χ0) is 13.7. The number of aliphatic carboxylic acids is 1. The maximum Gasteiger partial charge on any atom is 0.320 e. The summed E-state index contributed by atoms with van der Waals surface area (Å²) in [7, 11) is 0. The summed E-state index contributed by atoms with van der Waals surface area (Å²) in [5.74, 6) is -1.35. The summed E-state index contributed by atoms with van der Waals surface area (Å²) in [6.07, 6.45) is 1.33. The number of halogens is 2. The van der Waals surface area contributed by atoms with Gasteiger partial charge in [0.2, 0.25) is 0 Å². The lowest BCUT2D eigenvalue weighted by molar-refractivity contribution is -0.139. The highest BCUT2D eigenvalue weighted by molar-refractivity contribution is 6.30. The van der Waals surface area contributed by atoms with E-state index in [1.165, 1.54) is 12.1 Å². The number of rotatable bonds is 6. The van der Waals surface area contributed by atoms with Crippen LogP contribution in [0.4, 0.5) is 4.39 Å². The van der Waals surface area contributed by atoms with Gasteiger partial charge in [-0.25, -0.2) is 4.39 Å². The SMILES string of the molecule is CCCC(NC(C)c1ccc(F)c(Cl)c1)C(=O)O. The standard InChI is InChI=1S/C13H17ClFNO2/c1-3-4-12(13(17)18)16-8(2)9-5-6-11(15)10(14)7-9/h5-8,12,16H,3-4H2,1-2H3,(H,17,18). The molecular formula is C13H17ClFNO2. The summed E-state index contributed by atoms with van der Waals surface area (Å²) in [6, 6.07) is 3.60. The van der Waals surface area contributed by atoms with Gasteiger partial charge < -0.3 is 5.11 Å². The molecule has 3 nitrogen and oxygen atoms in total. The molecule has 0 aliphatic rings. The van der Waals surface area contributed by atoms with E-state index >= 15 is 0 Å². The van der Waals surface area contributed by atoms with Crippen molar-refractivity contribution in [3.63, 3.8) is 0 Å². The van der Waals surface area contributed by atoms with E-state index in [-0.39, 0.29) is 11.1 Å². The zero-order valence-electron chi connectivity index (χ0n) is 10.4. The Balaban J connectivity index is 2.76. The van der Waals surface area contributed by atoms with E-state index in [4.69, 9.17) is 16.7 Å². The van der Waals surface area contributed by atoms with E-state index in [9.17, 15) is 9.18 Å². The number of nitrogens with one attached hydrogen (secondary N) is 1. The second-order valence-corrected chi connectivity index (χ2v) is 4.65. The third-order valence-electron chi connectivity index (χ3n) is 2.77. The minimum absolute atomic E-state index is 0.0449. The van der Waals surface area contributed by atoms with E-state index in [0.29, 0.717) is 6.42 Å². The molecule has 0 saturated carbocycles. The van der Waals surface area contributed by atoms with Crippen LogP contribution in [-0.4, -0.2) is 17.1 Å². The summed E-state index contributed by atoms with van der Waals surface area (Å²) in [5, 5.41) is 12.1. The molecule has 1 aromatic rings. The average Bonchev–Trinajstić information content (AvgIpc) is 2.31. The lowest BCUT2D eigenvalue weighted by Crippen LogP contribution is -2.38. The Morgan fingerprint density at radius 2 is 2.22 bits per heavy atom. The highest BCUT2D eigenvalue weighted by Gasteiger charge is 2.19. The zero-order valence-corrected chi connectivity index (χ0v) is 11.2. The highest BCUT2D eigenvalue weighted by atomic mass is 35.5. The number of hydrogen-bond acceptors (Lipinski definition) is 2. The Bertz CT molecular complexity index is 425. The van der Waals surface area contributed by atoms with Crippen molar-refractivity contribution < 1.29 is 14.3 Å². The van der Waals surface area contributed by atoms with Gasteiger partial charge in [-0.05, 0) is 31.0 Å². The molecule has 1 rings (SSSR count). The molecule has 0 fully saturated rings.